The molecule has 0 aliphatic rings. The molecule has 0 spiro atoms. The Hall–Kier alpha value is -1.47. The maximum atomic E-state index is 11.8. The van der Waals surface area contributed by atoms with Crippen molar-refractivity contribution >= 4 is 12.0 Å². The Morgan fingerprint density at radius 2 is 1.68 bits per heavy atom. The Labute approximate surface area is 109 Å². The van der Waals surface area contributed by atoms with Crippen LogP contribution in [0, 0.1) is 0 Å². The molecule has 0 aliphatic carbocycles. The van der Waals surface area contributed by atoms with Crippen molar-refractivity contribution in [2.45, 2.75) is 45.4 Å². The average molecular weight is 284 g/mol. The predicted octanol–water partition coefficient (Wildman–Crippen LogP) is 1.97. The summed E-state index contributed by atoms with van der Waals surface area (Å²) in [5, 5.41) is 4.14. The lowest BCUT2D eigenvalue weighted by Gasteiger charge is -2.19. The van der Waals surface area contributed by atoms with E-state index in [1.54, 1.807) is 26.1 Å². The van der Waals surface area contributed by atoms with Crippen molar-refractivity contribution in [3.8, 4) is 0 Å². The molecular formula is C11H19F3N2O3. The molecule has 0 atom stereocenters. The number of ether oxygens (including phenoxy) is 1. The number of hydrogen-bond donors (Lipinski definition) is 2. The second kappa shape index (κ2) is 7.20. The molecule has 0 rings (SSSR count). The highest BCUT2D eigenvalue weighted by atomic mass is 19.4. The van der Waals surface area contributed by atoms with E-state index in [0.717, 1.165) is 0 Å². The fraction of sp³-hybridized carbons (Fsp3) is 0.818. The van der Waals surface area contributed by atoms with Crippen molar-refractivity contribution < 1.29 is 27.5 Å². The third-order valence-corrected chi connectivity index (χ3v) is 1.73. The molecule has 0 aromatic rings. The largest absolute Gasteiger partial charge is 0.444 e. The van der Waals surface area contributed by atoms with Gasteiger partial charge in [-0.1, -0.05) is 0 Å². The molecule has 0 radical (unpaired) electrons. The Balaban J connectivity index is 3.64. The molecule has 8 heteroatoms. The number of hydrogen-bond acceptors (Lipinski definition) is 3. The first kappa shape index (κ1) is 17.5. The van der Waals surface area contributed by atoms with Crippen LogP contribution in [0.15, 0.2) is 0 Å². The van der Waals surface area contributed by atoms with Crippen molar-refractivity contribution in [3.63, 3.8) is 0 Å². The first-order chi connectivity index (χ1) is 8.49. The summed E-state index contributed by atoms with van der Waals surface area (Å²) in [7, 11) is 0. The molecule has 0 heterocycles. The van der Waals surface area contributed by atoms with E-state index >= 15 is 0 Å². The van der Waals surface area contributed by atoms with Gasteiger partial charge in [0.15, 0.2) is 0 Å². The van der Waals surface area contributed by atoms with Crippen LogP contribution in [-0.2, 0) is 9.53 Å². The lowest BCUT2D eigenvalue weighted by atomic mass is 10.2. The average Bonchev–Trinajstić information content (AvgIpc) is 2.18. The third-order valence-electron chi connectivity index (χ3n) is 1.73. The van der Waals surface area contributed by atoms with Crippen LogP contribution in [0.2, 0.25) is 0 Å². The Morgan fingerprint density at radius 3 is 2.16 bits per heavy atom. The summed E-state index contributed by atoms with van der Waals surface area (Å²) in [6, 6.07) is 0. The smallest absolute Gasteiger partial charge is 0.407 e. The fourth-order valence-corrected chi connectivity index (χ4v) is 1.04. The lowest BCUT2D eigenvalue weighted by Crippen LogP contribution is -2.35. The number of halogens is 3. The quantitative estimate of drug-likeness (QED) is 0.758. The molecule has 0 aromatic carbocycles. The van der Waals surface area contributed by atoms with Crippen molar-refractivity contribution in [2.75, 3.05) is 13.1 Å². The van der Waals surface area contributed by atoms with Gasteiger partial charge in [0.05, 0.1) is 0 Å². The van der Waals surface area contributed by atoms with Crippen LogP contribution in [0.3, 0.4) is 0 Å². The van der Waals surface area contributed by atoms with E-state index in [4.69, 9.17) is 4.74 Å². The van der Waals surface area contributed by atoms with Gasteiger partial charge in [-0.3, -0.25) is 4.79 Å². The van der Waals surface area contributed by atoms with Crippen molar-refractivity contribution in [2.24, 2.45) is 0 Å². The van der Waals surface area contributed by atoms with Crippen LogP contribution in [-0.4, -0.2) is 36.9 Å². The van der Waals surface area contributed by atoms with Gasteiger partial charge in [-0.05, 0) is 27.2 Å². The topological polar surface area (TPSA) is 67.4 Å². The maximum absolute atomic E-state index is 11.8. The Kier molecular flexibility index (Phi) is 6.64. The highest BCUT2D eigenvalue weighted by molar-refractivity contribution is 5.76. The number of alkyl halides is 3. The molecule has 0 saturated heterocycles. The first-order valence-corrected chi connectivity index (χ1v) is 5.80. The molecule has 2 amide bonds. The molecule has 2 N–H and O–H groups in total. The summed E-state index contributed by atoms with van der Waals surface area (Å²) >= 11 is 0. The van der Waals surface area contributed by atoms with E-state index in [1.807, 2.05) is 0 Å². The molecule has 112 valence electrons. The zero-order valence-electron chi connectivity index (χ0n) is 11.2. The van der Waals surface area contributed by atoms with Crippen LogP contribution in [0.1, 0.15) is 33.6 Å². The van der Waals surface area contributed by atoms with Crippen LogP contribution >= 0.6 is 0 Å². The molecule has 19 heavy (non-hydrogen) atoms. The number of alkyl carbamates (subject to hydrolysis) is 1. The van der Waals surface area contributed by atoms with Crippen molar-refractivity contribution in [1.82, 2.24) is 10.6 Å². The zero-order chi connectivity index (χ0) is 15.1. The molecule has 0 bridgehead atoms. The number of nitrogens with one attached hydrogen (secondary N) is 2. The summed E-state index contributed by atoms with van der Waals surface area (Å²) in [4.78, 5) is 22.2. The summed E-state index contributed by atoms with van der Waals surface area (Å²) in [5.41, 5.74) is -0.617. The molecule has 0 unspecified atom stereocenters. The minimum atomic E-state index is -4.41. The van der Waals surface area contributed by atoms with Crippen LogP contribution in [0.25, 0.3) is 0 Å². The summed E-state index contributed by atoms with van der Waals surface area (Å²) in [6.45, 7) is 3.94. The van der Waals surface area contributed by atoms with Gasteiger partial charge in [-0.2, -0.15) is 13.2 Å². The number of rotatable bonds is 5. The number of carbonyl (C=O) groups is 2. The van der Waals surface area contributed by atoms with Crippen LogP contribution < -0.4 is 10.6 Å². The van der Waals surface area contributed by atoms with Crippen molar-refractivity contribution in [1.29, 1.82) is 0 Å². The zero-order valence-corrected chi connectivity index (χ0v) is 11.2. The fourth-order valence-electron chi connectivity index (χ4n) is 1.04. The second-order valence-electron chi connectivity index (χ2n) is 4.92. The minimum absolute atomic E-state index is 0.0914. The highest BCUT2D eigenvalue weighted by Gasteiger charge is 2.27. The predicted molar refractivity (Wildman–Crippen MR) is 62.5 cm³/mol. The summed E-state index contributed by atoms with van der Waals surface area (Å²) in [5.74, 6) is -0.705. The van der Waals surface area contributed by atoms with Gasteiger partial charge in [0, 0.05) is 13.0 Å². The normalized spacial score (nSPS) is 11.9. The highest BCUT2D eigenvalue weighted by Crippen LogP contribution is 2.12. The van der Waals surface area contributed by atoms with E-state index in [2.05, 4.69) is 5.32 Å². The van der Waals surface area contributed by atoms with Gasteiger partial charge in [0.1, 0.15) is 12.1 Å². The molecule has 0 aliphatic heterocycles. The summed E-state index contributed by atoms with van der Waals surface area (Å²) < 4.78 is 40.3. The van der Waals surface area contributed by atoms with Gasteiger partial charge in [0.25, 0.3) is 0 Å². The summed E-state index contributed by atoms with van der Waals surface area (Å²) in [6.07, 6.45) is -4.89. The first-order valence-electron chi connectivity index (χ1n) is 5.80. The SMILES string of the molecule is CC(C)(C)OC(=O)NCCCC(=O)NCC(F)(F)F. The van der Waals surface area contributed by atoms with Crippen molar-refractivity contribution in [3.05, 3.63) is 0 Å². The minimum Gasteiger partial charge on any atom is -0.444 e. The van der Waals surface area contributed by atoms with Crippen LogP contribution in [0.4, 0.5) is 18.0 Å². The standard InChI is InChI=1S/C11H19F3N2O3/c1-10(2,3)19-9(18)15-6-4-5-8(17)16-7-11(12,13)14/h4-7H2,1-3H3,(H,15,18)(H,16,17). The van der Waals surface area contributed by atoms with Crippen LogP contribution in [0.5, 0.6) is 0 Å². The Morgan fingerprint density at radius 1 is 1.11 bits per heavy atom. The maximum Gasteiger partial charge on any atom is 0.407 e. The van der Waals surface area contributed by atoms with E-state index < -0.39 is 30.3 Å². The third kappa shape index (κ3) is 12.8. The van der Waals surface area contributed by atoms with Gasteiger partial charge in [0.2, 0.25) is 5.91 Å². The van der Waals surface area contributed by atoms with E-state index in [9.17, 15) is 22.8 Å². The molecule has 0 fully saturated rings. The molecule has 0 aromatic heterocycles. The Bertz CT molecular complexity index is 311. The molecule has 0 saturated carbocycles. The van der Waals surface area contributed by atoms with Gasteiger partial charge in [-0.25, -0.2) is 4.79 Å². The van der Waals surface area contributed by atoms with Gasteiger partial charge < -0.3 is 15.4 Å². The molecular weight excluding hydrogens is 265 g/mol. The number of amides is 2. The van der Waals surface area contributed by atoms with E-state index in [0.29, 0.717) is 0 Å². The van der Waals surface area contributed by atoms with Gasteiger partial charge >= 0.3 is 12.3 Å². The molecule has 5 nitrogen and oxygen atoms in total. The number of carbonyl (C=O) groups excluding carboxylic acids is 2. The monoisotopic (exact) mass is 284 g/mol. The lowest BCUT2D eigenvalue weighted by molar-refractivity contribution is -0.138. The van der Waals surface area contributed by atoms with E-state index in [1.165, 1.54) is 0 Å². The second-order valence-corrected chi connectivity index (χ2v) is 4.92. The van der Waals surface area contributed by atoms with Gasteiger partial charge in [-0.15, -0.1) is 0 Å². The van der Waals surface area contributed by atoms with E-state index in [-0.39, 0.29) is 19.4 Å².